The van der Waals surface area contributed by atoms with Crippen LogP contribution < -0.4 is 4.59 Å². The Labute approximate surface area is 117 Å². The Bertz CT molecular complexity index is 649. The number of pyridine rings is 1. The van der Waals surface area contributed by atoms with Crippen molar-refractivity contribution in [3.05, 3.63) is 35.9 Å². The first-order valence-corrected chi connectivity index (χ1v) is 7.89. The average molecular weight is 319 g/mol. The number of nitrogens with zero attached hydrogens (tertiary/aromatic N) is 2. The fraction of sp³-hybridized carbons (Fsp3) is 0.214. The molecule has 1 aromatic carbocycles. The van der Waals surface area contributed by atoms with E-state index in [9.17, 15) is 4.79 Å². The van der Waals surface area contributed by atoms with E-state index < -0.39 is 0 Å². The summed E-state index contributed by atoms with van der Waals surface area (Å²) in [5, 5.41) is 10.4. The predicted molar refractivity (Wildman–Crippen MR) is 73.3 cm³/mol. The SMILES string of the molecule is CCOC(=O)C[Se]c1nc2ccccc2cc1C#N. The van der Waals surface area contributed by atoms with Crippen LogP contribution in [0.4, 0.5) is 0 Å². The summed E-state index contributed by atoms with van der Waals surface area (Å²) in [5.41, 5.74) is 1.39. The Morgan fingerprint density at radius 2 is 2.26 bits per heavy atom. The number of benzene rings is 1. The topological polar surface area (TPSA) is 63.0 Å². The molecule has 2 rings (SSSR count). The quantitative estimate of drug-likeness (QED) is 0.631. The van der Waals surface area contributed by atoms with Crippen LogP contribution in [0.5, 0.6) is 0 Å². The monoisotopic (exact) mass is 320 g/mol. The number of ether oxygens (including phenoxy) is 1. The number of carbonyl (C=O) groups is 1. The second-order valence-electron chi connectivity index (χ2n) is 3.74. The van der Waals surface area contributed by atoms with E-state index in [-0.39, 0.29) is 20.9 Å². The zero-order chi connectivity index (χ0) is 13.7. The van der Waals surface area contributed by atoms with Crippen molar-refractivity contribution in [3.63, 3.8) is 0 Å². The van der Waals surface area contributed by atoms with Crippen molar-refractivity contribution >= 4 is 36.4 Å². The van der Waals surface area contributed by atoms with Crippen molar-refractivity contribution in [1.29, 1.82) is 5.26 Å². The summed E-state index contributed by atoms with van der Waals surface area (Å²) in [5.74, 6) is -0.235. The molecule has 0 bridgehead atoms. The van der Waals surface area contributed by atoms with Crippen LogP contribution in [0.1, 0.15) is 12.5 Å². The van der Waals surface area contributed by atoms with Gasteiger partial charge in [0.2, 0.25) is 0 Å². The van der Waals surface area contributed by atoms with Gasteiger partial charge in [-0.1, -0.05) is 0 Å². The van der Waals surface area contributed by atoms with Crippen LogP contribution in [0, 0.1) is 11.3 Å². The molecule has 2 aromatic rings. The van der Waals surface area contributed by atoms with Gasteiger partial charge in [-0.25, -0.2) is 0 Å². The van der Waals surface area contributed by atoms with Crippen LogP contribution in [0.3, 0.4) is 0 Å². The number of carbonyl (C=O) groups excluding carboxylic acids is 1. The molecule has 0 unspecified atom stereocenters. The molecular weight excluding hydrogens is 307 g/mol. The second kappa shape index (κ2) is 6.33. The van der Waals surface area contributed by atoms with Gasteiger partial charge >= 0.3 is 117 Å². The Balaban J connectivity index is 2.26. The fourth-order valence-electron chi connectivity index (χ4n) is 1.62. The normalized spacial score (nSPS) is 10.1. The van der Waals surface area contributed by atoms with E-state index >= 15 is 0 Å². The molecule has 0 aliphatic rings. The van der Waals surface area contributed by atoms with Gasteiger partial charge in [-0.15, -0.1) is 0 Å². The Morgan fingerprint density at radius 1 is 1.47 bits per heavy atom. The average Bonchev–Trinajstić information content (AvgIpc) is 2.44. The number of esters is 1. The molecule has 0 radical (unpaired) electrons. The molecule has 1 heterocycles. The maximum atomic E-state index is 11.4. The molecular formula is C14H12N2O2Se. The molecule has 0 atom stereocenters. The molecule has 0 aliphatic heterocycles. The van der Waals surface area contributed by atoms with Crippen molar-refractivity contribution in [2.24, 2.45) is 0 Å². The van der Waals surface area contributed by atoms with Gasteiger partial charge in [0.05, 0.1) is 0 Å². The van der Waals surface area contributed by atoms with Gasteiger partial charge in [0.15, 0.2) is 0 Å². The predicted octanol–water partition coefficient (Wildman–Crippen LogP) is 1.42. The Hall–Kier alpha value is -1.89. The van der Waals surface area contributed by atoms with Crippen LogP contribution in [-0.2, 0) is 9.53 Å². The third-order valence-electron chi connectivity index (χ3n) is 2.44. The number of fused-ring (bicyclic) bond motifs is 1. The van der Waals surface area contributed by atoms with Crippen molar-refractivity contribution in [3.8, 4) is 6.07 Å². The first kappa shape index (κ1) is 13.5. The van der Waals surface area contributed by atoms with E-state index in [1.165, 1.54) is 0 Å². The van der Waals surface area contributed by atoms with Crippen molar-refractivity contribution in [1.82, 2.24) is 4.98 Å². The summed E-state index contributed by atoms with van der Waals surface area (Å²) in [6, 6.07) is 11.6. The molecule has 1 aromatic heterocycles. The summed E-state index contributed by atoms with van der Waals surface area (Å²) < 4.78 is 5.60. The summed E-state index contributed by atoms with van der Waals surface area (Å²) in [6.07, 6.45) is 0. The molecule has 4 nitrogen and oxygen atoms in total. The van der Waals surface area contributed by atoms with E-state index in [1.54, 1.807) is 6.92 Å². The van der Waals surface area contributed by atoms with Gasteiger partial charge in [-0.2, -0.15) is 0 Å². The molecule has 0 amide bonds. The number of hydrogen-bond donors (Lipinski definition) is 0. The second-order valence-corrected chi connectivity index (χ2v) is 5.76. The zero-order valence-corrected chi connectivity index (χ0v) is 12.1. The van der Waals surface area contributed by atoms with Gasteiger partial charge in [0.1, 0.15) is 0 Å². The molecule has 0 saturated heterocycles. The number of rotatable bonds is 4. The summed E-state index contributed by atoms with van der Waals surface area (Å²) in [7, 11) is 0. The first-order valence-electron chi connectivity index (χ1n) is 5.83. The summed E-state index contributed by atoms with van der Waals surface area (Å²) >= 11 is -0.179. The summed E-state index contributed by atoms with van der Waals surface area (Å²) in [6.45, 7) is 2.16. The van der Waals surface area contributed by atoms with Crippen LogP contribution in [-0.4, -0.2) is 32.5 Å². The molecule has 0 spiro atoms. The van der Waals surface area contributed by atoms with E-state index in [2.05, 4.69) is 11.1 Å². The van der Waals surface area contributed by atoms with Crippen molar-refractivity contribution in [2.45, 2.75) is 12.2 Å². The van der Waals surface area contributed by atoms with Crippen LogP contribution in [0.25, 0.3) is 10.9 Å². The molecule has 0 saturated carbocycles. The van der Waals surface area contributed by atoms with Crippen LogP contribution in [0.15, 0.2) is 30.3 Å². The number of aromatic nitrogens is 1. The van der Waals surface area contributed by atoms with Gasteiger partial charge in [-0.05, 0) is 0 Å². The molecule has 0 N–H and O–H groups in total. The van der Waals surface area contributed by atoms with Crippen LogP contribution in [0.2, 0.25) is 5.32 Å². The third kappa shape index (κ3) is 3.31. The summed E-state index contributed by atoms with van der Waals surface area (Å²) in [4.78, 5) is 15.8. The van der Waals surface area contributed by atoms with Gasteiger partial charge in [0.25, 0.3) is 0 Å². The Morgan fingerprint density at radius 3 is 3.00 bits per heavy atom. The molecule has 5 heteroatoms. The molecule has 0 aliphatic carbocycles. The van der Waals surface area contributed by atoms with E-state index in [0.29, 0.717) is 22.1 Å². The molecule has 96 valence electrons. The molecule has 0 fully saturated rings. The van der Waals surface area contributed by atoms with E-state index in [0.717, 1.165) is 10.9 Å². The minimum atomic E-state index is -0.235. The van der Waals surface area contributed by atoms with Crippen molar-refractivity contribution in [2.75, 3.05) is 6.61 Å². The zero-order valence-electron chi connectivity index (χ0n) is 10.4. The number of nitriles is 1. The number of hydrogen-bond acceptors (Lipinski definition) is 4. The van der Waals surface area contributed by atoms with E-state index in [4.69, 9.17) is 10.00 Å². The third-order valence-corrected chi connectivity index (χ3v) is 4.47. The number of para-hydroxylation sites is 1. The minimum absolute atomic E-state index is 0.179. The fourth-order valence-corrected chi connectivity index (χ4v) is 3.21. The molecule has 19 heavy (non-hydrogen) atoms. The van der Waals surface area contributed by atoms with Gasteiger partial charge in [-0.3, -0.25) is 0 Å². The standard InChI is InChI=1S/C14H12N2O2Se/c1-2-18-13(17)9-19-14-11(8-15)7-10-5-3-4-6-12(10)16-14/h3-7H,2,9H2,1H3. The Kier molecular flexibility index (Phi) is 4.51. The maximum absolute atomic E-state index is 11.4. The van der Waals surface area contributed by atoms with Gasteiger partial charge in [0, 0.05) is 0 Å². The first-order chi connectivity index (χ1) is 9.24. The van der Waals surface area contributed by atoms with E-state index in [1.807, 2.05) is 30.3 Å². The van der Waals surface area contributed by atoms with Gasteiger partial charge < -0.3 is 0 Å². The van der Waals surface area contributed by atoms with Crippen molar-refractivity contribution < 1.29 is 9.53 Å². The van der Waals surface area contributed by atoms with Crippen LogP contribution >= 0.6 is 0 Å².